The van der Waals surface area contributed by atoms with Gasteiger partial charge in [-0.3, -0.25) is 0 Å². The Morgan fingerprint density at radius 1 is 1.29 bits per heavy atom. The zero-order valence-electron chi connectivity index (χ0n) is 12.9. The Bertz CT molecular complexity index is 720. The summed E-state index contributed by atoms with van der Waals surface area (Å²) in [6.07, 6.45) is 0. The molecule has 1 atom stereocenters. The highest BCUT2D eigenvalue weighted by atomic mass is 32.2. The third-order valence-electron chi connectivity index (χ3n) is 3.64. The molecule has 0 bridgehead atoms. The van der Waals surface area contributed by atoms with E-state index in [1.807, 2.05) is 38.1 Å². The molecule has 2 rings (SSSR count). The first-order valence-corrected chi connectivity index (χ1v) is 8.55. The van der Waals surface area contributed by atoms with Gasteiger partial charge in [0.25, 0.3) is 0 Å². The molecular formula is C15H22N2O3S. The molecule has 0 aliphatic rings. The molecule has 5 nitrogen and oxygen atoms in total. The second-order valence-electron chi connectivity index (χ2n) is 5.36. The normalized spacial score (nSPS) is 14.0. The van der Waals surface area contributed by atoms with Gasteiger partial charge in [0.15, 0.2) is 0 Å². The maximum Gasteiger partial charge on any atom is 0.214 e. The Hall–Kier alpha value is -1.37. The van der Waals surface area contributed by atoms with Crippen molar-refractivity contribution >= 4 is 21.0 Å². The summed E-state index contributed by atoms with van der Waals surface area (Å²) in [5, 5.41) is 4.31. The Kier molecular flexibility index (Phi) is 4.70. The molecule has 0 aliphatic heterocycles. The van der Waals surface area contributed by atoms with Crippen molar-refractivity contribution in [1.29, 1.82) is 0 Å². The van der Waals surface area contributed by atoms with Gasteiger partial charge >= 0.3 is 0 Å². The van der Waals surface area contributed by atoms with Crippen LogP contribution in [-0.2, 0) is 10.0 Å². The number of hydrogen-bond donors (Lipinski definition) is 1. The lowest BCUT2D eigenvalue weighted by molar-refractivity contribution is 0.452. The highest BCUT2D eigenvalue weighted by molar-refractivity contribution is 7.89. The standard InChI is InChI=1S/C15H22N2O3S/c1-11-13-7-5-6-8-14(13)20-15(11)12(2)16-9-10-21(18,19)17(3)4/h5-8,12,16H,9-10H2,1-4H3. The first-order valence-electron chi connectivity index (χ1n) is 6.94. The van der Waals surface area contributed by atoms with E-state index < -0.39 is 10.0 Å². The topological polar surface area (TPSA) is 62.6 Å². The van der Waals surface area contributed by atoms with Crippen molar-refractivity contribution in [1.82, 2.24) is 9.62 Å². The van der Waals surface area contributed by atoms with E-state index in [-0.39, 0.29) is 11.8 Å². The number of rotatable bonds is 6. The molecule has 1 unspecified atom stereocenters. The van der Waals surface area contributed by atoms with Gasteiger partial charge in [0.05, 0.1) is 11.8 Å². The molecule has 1 aromatic heterocycles. The molecule has 1 aromatic carbocycles. The van der Waals surface area contributed by atoms with Crippen LogP contribution in [0.5, 0.6) is 0 Å². The van der Waals surface area contributed by atoms with Gasteiger partial charge in [0.1, 0.15) is 11.3 Å². The van der Waals surface area contributed by atoms with E-state index in [4.69, 9.17) is 4.42 Å². The van der Waals surface area contributed by atoms with Crippen molar-refractivity contribution in [3.05, 3.63) is 35.6 Å². The van der Waals surface area contributed by atoms with Crippen molar-refractivity contribution in [3.8, 4) is 0 Å². The van der Waals surface area contributed by atoms with Crippen molar-refractivity contribution in [2.45, 2.75) is 19.9 Å². The molecule has 0 saturated carbocycles. The van der Waals surface area contributed by atoms with Gasteiger partial charge in [-0.2, -0.15) is 0 Å². The number of aryl methyl sites for hydroxylation is 1. The van der Waals surface area contributed by atoms with E-state index in [0.717, 1.165) is 22.3 Å². The summed E-state index contributed by atoms with van der Waals surface area (Å²) in [4.78, 5) is 0. The third kappa shape index (κ3) is 3.45. The van der Waals surface area contributed by atoms with Crippen LogP contribution in [0, 0.1) is 6.92 Å². The van der Waals surface area contributed by atoms with Crippen LogP contribution in [0.3, 0.4) is 0 Å². The van der Waals surface area contributed by atoms with Crippen molar-refractivity contribution in [2.24, 2.45) is 0 Å². The van der Waals surface area contributed by atoms with Crippen LogP contribution < -0.4 is 5.32 Å². The number of benzene rings is 1. The summed E-state index contributed by atoms with van der Waals surface area (Å²) >= 11 is 0. The lowest BCUT2D eigenvalue weighted by Gasteiger charge is -2.15. The molecule has 2 aromatic rings. The minimum atomic E-state index is -3.17. The summed E-state index contributed by atoms with van der Waals surface area (Å²) in [6.45, 7) is 4.39. The molecular weight excluding hydrogens is 288 g/mol. The maximum atomic E-state index is 11.7. The summed E-state index contributed by atoms with van der Waals surface area (Å²) < 4.78 is 30.5. The fourth-order valence-corrected chi connectivity index (χ4v) is 3.03. The van der Waals surface area contributed by atoms with E-state index in [1.165, 1.54) is 4.31 Å². The fraction of sp³-hybridized carbons (Fsp3) is 0.467. The second-order valence-corrected chi connectivity index (χ2v) is 7.66. The minimum absolute atomic E-state index is 0.0326. The average molecular weight is 310 g/mol. The van der Waals surface area contributed by atoms with Crippen LogP contribution in [0.2, 0.25) is 0 Å². The van der Waals surface area contributed by atoms with Crippen molar-refractivity contribution < 1.29 is 12.8 Å². The summed E-state index contributed by atoms with van der Waals surface area (Å²) in [5.74, 6) is 0.933. The van der Waals surface area contributed by atoms with Crippen LogP contribution >= 0.6 is 0 Å². The largest absolute Gasteiger partial charge is 0.459 e. The van der Waals surface area contributed by atoms with Crippen LogP contribution in [0.4, 0.5) is 0 Å². The SMILES string of the molecule is Cc1c(C(C)NCCS(=O)(=O)N(C)C)oc2ccccc12. The number of hydrogen-bond acceptors (Lipinski definition) is 4. The molecule has 0 fully saturated rings. The molecule has 116 valence electrons. The van der Waals surface area contributed by atoms with E-state index >= 15 is 0 Å². The molecule has 1 N–H and O–H groups in total. The molecule has 6 heteroatoms. The second kappa shape index (κ2) is 6.17. The third-order valence-corrected chi connectivity index (χ3v) is 5.47. The fourth-order valence-electron chi connectivity index (χ4n) is 2.29. The monoisotopic (exact) mass is 310 g/mol. The van der Waals surface area contributed by atoms with Crippen molar-refractivity contribution in [2.75, 3.05) is 26.4 Å². The van der Waals surface area contributed by atoms with Crippen LogP contribution in [-0.4, -0.2) is 39.1 Å². The number of nitrogens with zero attached hydrogens (tertiary/aromatic N) is 1. The summed E-state index contributed by atoms with van der Waals surface area (Å²) in [7, 11) is -0.0830. The highest BCUT2D eigenvalue weighted by Gasteiger charge is 2.18. The molecule has 0 radical (unpaired) electrons. The predicted molar refractivity (Wildman–Crippen MR) is 84.8 cm³/mol. The number of furan rings is 1. The van der Waals surface area contributed by atoms with Crippen molar-refractivity contribution in [3.63, 3.8) is 0 Å². The van der Waals surface area contributed by atoms with E-state index in [1.54, 1.807) is 14.1 Å². The molecule has 0 amide bonds. The number of sulfonamides is 1. The lowest BCUT2D eigenvalue weighted by atomic mass is 10.1. The van der Waals surface area contributed by atoms with Gasteiger partial charge in [-0.05, 0) is 25.5 Å². The van der Waals surface area contributed by atoms with Gasteiger partial charge in [0, 0.05) is 26.0 Å². The lowest BCUT2D eigenvalue weighted by Crippen LogP contribution is -2.32. The Balaban J connectivity index is 2.06. The average Bonchev–Trinajstić information content (AvgIpc) is 2.76. The van der Waals surface area contributed by atoms with E-state index in [9.17, 15) is 8.42 Å². The van der Waals surface area contributed by atoms with Gasteiger partial charge in [-0.1, -0.05) is 18.2 Å². The molecule has 21 heavy (non-hydrogen) atoms. The molecule has 0 aliphatic carbocycles. The molecule has 1 heterocycles. The maximum absolute atomic E-state index is 11.7. The molecule has 0 spiro atoms. The highest BCUT2D eigenvalue weighted by Crippen LogP contribution is 2.28. The van der Waals surface area contributed by atoms with Crippen LogP contribution in [0.15, 0.2) is 28.7 Å². The smallest absolute Gasteiger partial charge is 0.214 e. The number of para-hydroxylation sites is 1. The number of fused-ring (bicyclic) bond motifs is 1. The summed E-state index contributed by atoms with van der Waals surface area (Å²) in [6, 6.07) is 7.86. The minimum Gasteiger partial charge on any atom is -0.459 e. The Labute approximate surface area is 126 Å². The predicted octanol–water partition coefficient (Wildman–Crippen LogP) is 2.28. The van der Waals surface area contributed by atoms with Gasteiger partial charge in [0.2, 0.25) is 10.0 Å². The van der Waals surface area contributed by atoms with E-state index in [0.29, 0.717) is 6.54 Å². The van der Waals surface area contributed by atoms with Gasteiger partial charge in [-0.25, -0.2) is 12.7 Å². The van der Waals surface area contributed by atoms with Gasteiger partial charge in [-0.15, -0.1) is 0 Å². The number of nitrogens with one attached hydrogen (secondary N) is 1. The first-order chi connectivity index (χ1) is 9.83. The zero-order chi connectivity index (χ0) is 15.6. The zero-order valence-corrected chi connectivity index (χ0v) is 13.7. The van der Waals surface area contributed by atoms with Gasteiger partial charge < -0.3 is 9.73 Å². The quantitative estimate of drug-likeness (QED) is 0.889. The molecule has 0 saturated heterocycles. The Morgan fingerprint density at radius 3 is 2.57 bits per heavy atom. The first kappa shape index (κ1) is 16.0. The van der Waals surface area contributed by atoms with E-state index in [2.05, 4.69) is 5.32 Å². The van der Waals surface area contributed by atoms with Crippen LogP contribution in [0.1, 0.15) is 24.3 Å². The Morgan fingerprint density at radius 2 is 1.95 bits per heavy atom. The summed E-state index contributed by atoms with van der Waals surface area (Å²) in [5.41, 5.74) is 1.96. The van der Waals surface area contributed by atoms with Crippen LogP contribution in [0.25, 0.3) is 11.0 Å².